The van der Waals surface area contributed by atoms with Gasteiger partial charge < -0.3 is 10.2 Å². The van der Waals surface area contributed by atoms with Crippen LogP contribution in [0.15, 0.2) is 11.6 Å². The maximum absolute atomic E-state index is 10.5. The summed E-state index contributed by atoms with van der Waals surface area (Å²) in [4.78, 5) is 10.5. The summed E-state index contributed by atoms with van der Waals surface area (Å²) in [6, 6.07) is 0. The normalized spacial score (nSPS) is 13.7. The van der Waals surface area contributed by atoms with Crippen molar-refractivity contribution in [3.8, 4) is 0 Å². The highest BCUT2D eigenvalue weighted by Crippen LogP contribution is 2.11. The van der Waals surface area contributed by atoms with Crippen LogP contribution >= 0.6 is 0 Å². The van der Waals surface area contributed by atoms with Crippen LogP contribution in [0.2, 0.25) is 0 Å². The van der Waals surface area contributed by atoms with E-state index in [9.17, 15) is 9.90 Å². The molecule has 0 heterocycles. The van der Waals surface area contributed by atoms with Gasteiger partial charge in [0.1, 0.15) is 0 Å². The smallest absolute Gasteiger partial charge is 0.331 e. The van der Waals surface area contributed by atoms with Crippen molar-refractivity contribution in [3.05, 3.63) is 11.6 Å². The van der Waals surface area contributed by atoms with Gasteiger partial charge in [0.25, 0.3) is 0 Å². The molecule has 0 aliphatic rings. The number of aliphatic carboxylic acids is 1. The van der Waals surface area contributed by atoms with Crippen LogP contribution < -0.4 is 0 Å². The van der Waals surface area contributed by atoms with Gasteiger partial charge in [0, 0.05) is 5.57 Å². The molecule has 0 aromatic rings. The lowest BCUT2D eigenvalue weighted by Crippen LogP contribution is -2.06. The van der Waals surface area contributed by atoms with Gasteiger partial charge in [0.2, 0.25) is 0 Å². The van der Waals surface area contributed by atoms with Gasteiger partial charge in [-0.3, -0.25) is 0 Å². The van der Waals surface area contributed by atoms with Gasteiger partial charge in [-0.1, -0.05) is 51.9 Å². The zero-order chi connectivity index (χ0) is 13.1. The average molecular weight is 242 g/mol. The van der Waals surface area contributed by atoms with Crippen molar-refractivity contribution in [2.24, 2.45) is 0 Å². The highest BCUT2D eigenvalue weighted by Gasteiger charge is 2.05. The van der Waals surface area contributed by atoms with Crippen molar-refractivity contribution in [2.45, 2.75) is 71.3 Å². The van der Waals surface area contributed by atoms with Crippen LogP contribution in [0.25, 0.3) is 0 Å². The van der Waals surface area contributed by atoms with E-state index in [1.54, 1.807) is 0 Å². The van der Waals surface area contributed by atoms with Crippen molar-refractivity contribution in [1.29, 1.82) is 0 Å². The molecule has 0 amide bonds. The Morgan fingerprint density at radius 3 is 2.18 bits per heavy atom. The molecular formula is C14H26O3. The molecule has 0 rings (SSSR count). The van der Waals surface area contributed by atoms with Gasteiger partial charge in [0.15, 0.2) is 0 Å². The number of carboxylic acid groups (broad SMARTS) is 1. The fourth-order valence-electron chi connectivity index (χ4n) is 1.75. The van der Waals surface area contributed by atoms with Crippen molar-refractivity contribution in [2.75, 3.05) is 0 Å². The summed E-state index contributed by atoms with van der Waals surface area (Å²) in [5, 5.41) is 18.2. The Kier molecular flexibility index (Phi) is 9.83. The molecule has 0 spiro atoms. The molecule has 100 valence electrons. The molecular weight excluding hydrogens is 216 g/mol. The van der Waals surface area contributed by atoms with E-state index in [2.05, 4.69) is 6.92 Å². The Hall–Kier alpha value is -0.830. The summed E-state index contributed by atoms with van der Waals surface area (Å²) >= 11 is 0. The van der Waals surface area contributed by atoms with Crippen molar-refractivity contribution in [1.82, 2.24) is 0 Å². The van der Waals surface area contributed by atoms with E-state index in [4.69, 9.17) is 5.11 Å². The van der Waals surface area contributed by atoms with Gasteiger partial charge in [0.05, 0.1) is 6.10 Å². The summed E-state index contributed by atoms with van der Waals surface area (Å²) in [6.07, 6.45) is 9.94. The monoisotopic (exact) mass is 242 g/mol. The lowest BCUT2D eigenvalue weighted by molar-refractivity contribution is -0.132. The first-order valence-corrected chi connectivity index (χ1v) is 6.67. The molecule has 0 fully saturated rings. The maximum Gasteiger partial charge on any atom is 0.331 e. The SMILES string of the molecule is CCCCCCCCCC(O)C=C(C)C(=O)O. The molecule has 0 aliphatic heterocycles. The number of hydrogen-bond donors (Lipinski definition) is 2. The lowest BCUT2D eigenvalue weighted by Gasteiger charge is -2.06. The summed E-state index contributed by atoms with van der Waals surface area (Å²) in [5.41, 5.74) is 0.223. The molecule has 1 unspecified atom stereocenters. The first kappa shape index (κ1) is 16.2. The number of aliphatic hydroxyl groups excluding tert-OH is 1. The Bertz CT molecular complexity index is 234. The highest BCUT2D eigenvalue weighted by atomic mass is 16.4. The van der Waals surface area contributed by atoms with Crippen molar-refractivity contribution >= 4 is 5.97 Å². The zero-order valence-corrected chi connectivity index (χ0v) is 11.1. The van der Waals surface area contributed by atoms with Gasteiger partial charge >= 0.3 is 5.97 Å². The molecule has 3 heteroatoms. The Balaban J connectivity index is 3.48. The van der Waals surface area contributed by atoms with Crippen LogP contribution in [0.4, 0.5) is 0 Å². The fourth-order valence-corrected chi connectivity index (χ4v) is 1.75. The van der Waals surface area contributed by atoms with Crippen LogP contribution in [0.5, 0.6) is 0 Å². The zero-order valence-electron chi connectivity index (χ0n) is 11.1. The topological polar surface area (TPSA) is 57.5 Å². The Labute approximate surface area is 105 Å². The molecule has 0 aliphatic carbocycles. The molecule has 17 heavy (non-hydrogen) atoms. The Morgan fingerprint density at radius 1 is 1.12 bits per heavy atom. The number of carboxylic acids is 1. The van der Waals surface area contributed by atoms with E-state index in [1.165, 1.54) is 45.1 Å². The van der Waals surface area contributed by atoms with Gasteiger partial charge in [-0.05, 0) is 19.4 Å². The minimum absolute atomic E-state index is 0.223. The summed E-state index contributed by atoms with van der Waals surface area (Å²) in [5.74, 6) is -0.955. The first-order chi connectivity index (χ1) is 8.07. The van der Waals surface area contributed by atoms with E-state index in [0.29, 0.717) is 6.42 Å². The van der Waals surface area contributed by atoms with E-state index in [-0.39, 0.29) is 5.57 Å². The quantitative estimate of drug-likeness (QED) is 0.455. The van der Waals surface area contributed by atoms with Gasteiger partial charge in [-0.25, -0.2) is 4.79 Å². The van der Waals surface area contributed by atoms with Crippen LogP contribution in [-0.4, -0.2) is 22.3 Å². The second-order valence-electron chi connectivity index (χ2n) is 4.63. The number of unbranched alkanes of at least 4 members (excludes halogenated alkanes) is 6. The molecule has 0 aromatic heterocycles. The number of aliphatic hydroxyl groups is 1. The van der Waals surface area contributed by atoms with Crippen LogP contribution in [0.1, 0.15) is 65.2 Å². The highest BCUT2D eigenvalue weighted by molar-refractivity contribution is 5.85. The average Bonchev–Trinajstić information content (AvgIpc) is 2.27. The van der Waals surface area contributed by atoms with Gasteiger partial charge in [-0.15, -0.1) is 0 Å². The van der Waals surface area contributed by atoms with Crippen molar-refractivity contribution < 1.29 is 15.0 Å². The molecule has 0 saturated heterocycles. The number of carbonyl (C=O) groups is 1. The maximum atomic E-state index is 10.5. The third kappa shape index (κ3) is 10.1. The predicted molar refractivity (Wildman–Crippen MR) is 70.0 cm³/mol. The van der Waals surface area contributed by atoms with Crippen LogP contribution in [-0.2, 0) is 4.79 Å². The third-order valence-electron chi connectivity index (χ3n) is 2.88. The molecule has 0 saturated carbocycles. The van der Waals surface area contributed by atoms with E-state index in [0.717, 1.165) is 12.8 Å². The first-order valence-electron chi connectivity index (χ1n) is 6.67. The minimum atomic E-state index is -0.955. The molecule has 2 N–H and O–H groups in total. The van der Waals surface area contributed by atoms with Crippen LogP contribution in [0.3, 0.4) is 0 Å². The third-order valence-corrected chi connectivity index (χ3v) is 2.88. The van der Waals surface area contributed by atoms with E-state index >= 15 is 0 Å². The fraction of sp³-hybridized carbons (Fsp3) is 0.786. The molecule has 0 bridgehead atoms. The standard InChI is InChI=1S/C14H26O3/c1-3-4-5-6-7-8-9-10-13(15)11-12(2)14(16)17/h11,13,15H,3-10H2,1-2H3,(H,16,17). The minimum Gasteiger partial charge on any atom is -0.478 e. The van der Waals surface area contributed by atoms with E-state index in [1.807, 2.05) is 0 Å². The van der Waals surface area contributed by atoms with Gasteiger partial charge in [-0.2, -0.15) is 0 Å². The lowest BCUT2D eigenvalue weighted by atomic mass is 10.1. The van der Waals surface area contributed by atoms with Crippen LogP contribution in [0, 0.1) is 0 Å². The number of hydrogen-bond acceptors (Lipinski definition) is 2. The second kappa shape index (κ2) is 10.3. The molecule has 0 aromatic carbocycles. The second-order valence-corrected chi connectivity index (χ2v) is 4.63. The van der Waals surface area contributed by atoms with Crippen molar-refractivity contribution in [3.63, 3.8) is 0 Å². The summed E-state index contributed by atoms with van der Waals surface area (Å²) in [6.45, 7) is 3.71. The summed E-state index contributed by atoms with van der Waals surface area (Å²) in [7, 11) is 0. The predicted octanol–water partition coefficient (Wildman–Crippen LogP) is 3.52. The summed E-state index contributed by atoms with van der Waals surface area (Å²) < 4.78 is 0. The largest absolute Gasteiger partial charge is 0.478 e. The molecule has 0 radical (unpaired) electrons. The number of rotatable bonds is 10. The molecule has 3 nitrogen and oxygen atoms in total. The van der Waals surface area contributed by atoms with E-state index < -0.39 is 12.1 Å². The molecule has 1 atom stereocenters. The Morgan fingerprint density at radius 2 is 1.65 bits per heavy atom.